The van der Waals surface area contributed by atoms with Gasteiger partial charge in [-0.3, -0.25) is 4.90 Å². The van der Waals surface area contributed by atoms with Crippen molar-refractivity contribution >= 4 is 11.6 Å². The van der Waals surface area contributed by atoms with Crippen molar-refractivity contribution in [2.24, 2.45) is 11.7 Å². The molecule has 2 rings (SSSR count). The van der Waals surface area contributed by atoms with Crippen molar-refractivity contribution in [1.29, 1.82) is 0 Å². The zero-order chi connectivity index (χ0) is 11.7. The van der Waals surface area contributed by atoms with Gasteiger partial charge in [-0.05, 0) is 30.0 Å². The molecule has 0 amide bonds. The summed E-state index contributed by atoms with van der Waals surface area (Å²) in [6, 6.07) is 6.57. The Morgan fingerprint density at radius 3 is 2.75 bits per heavy atom. The second-order valence-electron chi connectivity index (χ2n) is 4.92. The second kappa shape index (κ2) is 4.74. The molecular formula is C13H19ClN2. The van der Waals surface area contributed by atoms with Crippen LogP contribution in [0.5, 0.6) is 0 Å². The first-order valence-electron chi connectivity index (χ1n) is 5.79. The van der Waals surface area contributed by atoms with Gasteiger partial charge in [-0.25, -0.2) is 0 Å². The van der Waals surface area contributed by atoms with Gasteiger partial charge in [0.25, 0.3) is 0 Å². The van der Waals surface area contributed by atoms with Crippen LogP contribution in [0.2, 0.25) is 5.02 Å². The maximum atomic E-state index is 6.01. The SMILES string of the molecule is Cc1cc(CN2CC(C)C(N)C2)ccc1Cl. The lowest BCUT2D eigenvalue weighted by molar-refractivity contribution is 0.319. The van der Waals surface area contributed by atoms with E-state index in [9.17, 15) is 0 Å². The summed E-state index contributed by atoms with van der Waals surface area (Å²) in [5.41, 5.74) is 8.48. The lowest BCUT2D eigenvalue weighted by Gasteiger charge is -2.15. The molecule has 0 aromatic heterocycles. The molecule has 2 nitrogen and oxygen atoms in total. The number of nitrogens with two attached hydrogens (primary N) is 1. The molecule has 0 bridgehead atoms. The predicted molar refractivity (Wildman–Crippen MR) is 68.6 cm³/mol. The summed E-state index contributed by atoms with van der Waals surface area (Å²) in [7, 11) is 0. The summed E-state index contributed by atoms with van der Waals surface area (Å²) in [6.07, 6.45) is 0. The van der Waals surface area contributed by atoms with E-state index in [0.717, 1.165) is 30.2 Å². The number of rotatable bonds is 2. The molecule has 2 unspecified atom stereocenters. The number of likely N-dealkylation sites (tertiary alicyclic amines) is 1. The molecule has 0 aliphatic carbocycles. The molecule has 1 aromatic rings. The fourth-order valence-corrected chi connectivity index (χ4v) is 2.41. The zero-order valence-corrected chi connectivity index (χ0v) is 10.7. The Balaban J connectivity index is 2.02. The molecule has 16 heavy (non-hydrogen) atoms. The van der Waals surface area contributed by atoms with Crippen molar-refractivity contribution in [2.45, 2.75) is 26.4 Å². The Hall–Kier alpha value is -0.570. The van der Waals surface area contributed by atoms with Crippen LogP contribution in [0.3, 0.4) is 0 Å². The molecule has 2 atom stereocenters. The Kier molecular flexibility index (Phi) is 3.53. The number of halogens is 1. The Bertz CT molecular complexity index is 368. The summed E-state index contributed by atoms with van der Waals surface area (Å²) in [5.74, 6) is 0.605. The van der Waals surface area contributed by atoms with E-state index in [4.69, 9.17) is 17.3 Å². The van der Waals surface area contributed by atoms with Crippen LogP contribution in [0, 0.1) is 12.8 Å². The lowest BCUT2D eigenvalue weighted by atomic mass is 10.1. The minimum Gasteiger partial charge on any atom is -0.326 e. The van der Waals surface area contributed by atoms with Gasteiger partial charge in [-0.2, -0.15) is 0 Å². The van der Waals surface area contributed by atoms with Gasteiger partial charge in [-0.15, -0.1) is 0 Å². The first-order chi connectivity index (χ1) is 7.56. The summed E-state index contributed by atoms with van der Waals surface area (Å²) < 4.78 is 0. The summed E-state index contributed by atoms with van der Waals surface area (Å²) >= 11 is 6.01. The van der Waals surface area contributed by atoms with E-state index < -0.39 is 0 Å². The Labute approximate surface area is 102 Å². The Morgan fingerprint density at radius 2 is 2.19 bits per heavy atom. The van der Waals surface area contributed by atoms with Crippen molar-refractivity contribution in [3.05, 3.63) is 34.3 Å². The molecule has 1 aliphatic rings. The fourth-order valence-electron chi connectivity index (χ4n) is 2.29. The first-order valence-corrected chi connectivity index (χ1v) is 6.17. The Morgan fingerprint density at radius 1 is 1.44 bits per heavy atom. The lowest BCUT2D eigenvalue weighted by Crippen LogP contribution is -2.28. The molecule has 88 valence electrons. The summed E-state index contributed by atoms with van der Waals surface area (Å²) in [4.78, 5) is 2.41. The average molecular weight is 239 g/mol. The van der Waals surface area contributed by atoms with Gasteiger partial charge >= 0.3 is 0 Å². The van der Waals surface area contributed by atoms with Crippen molar-refractivity contribution in [2.75, 3.05) is 13.1 Å². The number of benzene rings is 1. The number of aryl methyl sites for hydroxylation is 1. The summed E-state index contributed by atoms with van der Waals surface area (Å²) in [5, 5.41) is 0.843. The van der Waals surface area contributed by atoms with E-state index in [1.54, 1.807) is 0 Å². The van der Waals surface area contributed by atoms with Crippen LogP contribution in [-0.4, -0.2) is 24.0 Å². The van der Waals surface area contributed by atoms with Gasteiger partial charge in [-0.1, -0.05) is 30.7 Å². The molecule has 3 heteroatoms. The smallest absolute Gasteiger partial charge is 0.0435 e. The molecule has 2 N–H and O–H groups in total. The van der Waals surface area contributed by atoms with Gasteiger partial charge in [0.1, 0.15) is 0 Å². The largest absolute Gasteiger partial charge is 0.326 e. The highest BCUT2D eigenvalue weighted by Gasteiger charge is 2.26. The molecule has 0 radical (unpaired) electrons. The third-order valence-electron chi connectivity index (χ3n) is 3.37. The molecule has 0 saturated carbocycles. The monoisotopic (exact) mass is 238 g/mol. The summed E-state index contributed by atoms with van der Waals surface area (Å²) in [6.45, 7) is 7.35. The fraction of sp³-hybridized carbons (Fsp3) is 0.538. The van der Waals surface area contributed by atoms with E-state index in [-0.39, 0.29) is 0 Å². The maximum absolute atomic E-state index is 6.01. The van der Waals surface area contributed by atoms with Crippen molar-refractivity contribution in [1.82, 2.24) is 4.90 Å². The number of nitrogens with zero attached hydrogens (tertiary/aromatic N) is 1. The van der Waals surface area contributed by atoms with Crippen LogP contribution in [0.25, 0.3) is 0 Å². The van der Waals surface area contributed by atoms with Crippen LogP contribution in [-0.2, 0) is 6.54 Å². The first kappa shape index (κ1) is 11.9. The highest BCUT2D eigenvalue weighted by molar-refractivity contribution is 6.31. The maximum Gasteiger partial charge on any atom is 0.0435 e. The van der Waals surface area contributed by atoms with Gasteiger partial charge in [0.05, 0.1) is 0 Å². The normalized spacial score (nSPS) is 26.2. The minimum atomic E-state index is 0.327. The third kappa shape index (κ3) is 2.57. The molecule has 1 aromatic carbocycles. The standard InChI is InChI=1S/C13H19ClN2/c1-9-5-11(3-4-12(9)14)7-16-6-10(2)13(15)8-16/h3-5,10,13H,6-8,15H2,1-2H3. The predicted octanol–water partition coefficient (Wildman–Crippen LogP) is 2.43. The van der Waals surface area contributed by atoms with E-state index >= 15 is 0 Å². The molecule has 1 saturated heterocycles. The molecule has 1 fully saturated rings. The quantitative estimate of drug-likeness (QED) is 0.858. The minimum absolute atomic E-state index is 0.327. The highest BCUT2D eigenvalue weighted by atomic mass is 35.5. The molecule has 0 spiro atoms. The van der Waals surface area contributed by atoms with Crippen LogP contribution in [0.1, 0.15) is 18.1 Å². The average Bonchev–Trinajstić information content (AvgIpc) is 2.52. The second-order valence-corrected chi connectivity index (χ2v) is 5.33. The van der Waals surface area contributed by atoms with Gasteiger partial charge in [0, 0.05) is 30.7 Å². The van der Waals surface area contributed by atoms with Crippen LogP contribution >= 0.6 is 11.6 Å². The van der Waals surface area contributed by atoms with E-state index in [1.165, 1.54) is 5.56 Å². The van der Waals surface area contributed by atoms with Gasteiger partial charge in [0.2, 0.25) is 0 Å². The van der Waals surface area contributed by atoms with Crippen LogP contribution < -0.4 is 5.73 Å². The van der Waals surface area contributed by atoms with Gasteiger partial charge < -0.3 is 5.73 Å². The van der Waals surface area contributed by atoms with Crippen molar-refractivity contribution in [3.8, 4) is 0 Å². The zero-order valence-electron chi connectivity index (χ0n) is 9.91. The van der Waals surface area contributed by atoms with E-state index in [2.05, 4.69) is 24.0 Å². The highest BCUT2D eigenvalue weighted by Crippen LogP contribution is 2.20. The number of hydrogen-bond acceptors (Lipinski definition) is 2. The van der Waals surface area contributed by atoms with Crippen LogP contribution in [0.15, 0.2) is 18.2 Å². The third-order valence-corrected chi connectivity index (χ3v) is 3.80. The number of hydrogen-bond donors (Lipinski definition) is 1. The topological polar surface area (TPSA) is 29.3 Å². The van der Waals surface area contributed by atoms with Crippen molar-refractivity contribution in [3.63, 3.8) is 0 Å². The van der Waals surface area contributed by atoms with Crippen molar-refractivity contribution < 1.29 is 0 Å². The van der Waals surface area contributed by atoms with Crippen LogP contribution in [0.4, 0.5) is 0 Å². The molecular weight excluding hydrogens is 220 g/mol. The molecule has 1 heterocycles. The molecule has 1 aliphatic heterocycles. The van der Waals surface area contributed by atoms with Gasteiger partial charge in [0.15, 0.2) is 0 Å². The van der Waals surface area contributed by atoms with E-state index in [0.29, 0.717) is 12.0 Å². The van der Waals surface area contributed by atoms with E-state index in [1.807, 2.05) is 13.0 Å².